The van der Waals surface area contributed by atoms with E-state index in [1.54, 1.807) is 18.2 Å². The summed E-state index contributed by atoms with van der Waals surface area (Å²) in [5.74, 6) is 0.0544. The topological polar surface area (TPSA) is 66.5 Å². The monoisotopic (exact) mass is 330 g/mol. The number of nitrogens with one attached hydrogen (secondary N) is 1. The SMILES string of the molecule is O=C1C[C@H](NS(=O)(=O)c2ccc3ccccc3c2)CN1C1CC1. The van der Waals surface area contributed by atoms with E-state index in [-0.39, 0.29) is 23.3 Å². The maximum Gasteiger partial charge on any atom is 0.240 e. The Bertz CT molecular complexity index is 874. The Hall–Kier alpha value is -1.92. The number of benzene rings is 2. The molecule has 0 bridgehead atoms. The Morgan fingerprint density at radius 3 is 2.52 bits per heavy atom. The zero-order valence-corrected chi connectivity index (χ0v) is 13.4. The van der Waals surface area contributed by atoms with Crippen molar-refractivity contribution in [2.24, 2.45) is 0 Å². The third-order valence-electron chi connectivity index (χ3n) is 4.50. The second-order valence-corrected chi connectivity index (χ2v) is 8.02. The number of likely N-dealkylation sites (tertiary alicyclic amines) is 1. The van der Waals surface area contributed by atoms with Gasteiger partial charge < -0.3 is 4.90 Å². The van der Waals surface area contributed by atoms with E-state index in [4.69, 9.17) is 0 Å². The quantitative estimate of drug-likeness (QED) is 0.931. The second-order valence-electron chi connectivity index (χ2n) is 6.31. The van der Waals surface area contributed by atoms with Gasteiger partial charge in [-0.15, -0.1) is 0 Å². The van der Waals surface area contributed by atoms with E-state index in [2.05, 4.69) is 4.72 Å². The highest BCUT2D eigenvalue weighted by molar-refractivity contribution is 7.89. The van der Waals surface area contributed by atoms with E-state index >= 15 is 0 Å². The van der Waals surface area contributed by atoms with Gasteiger partial charge >= 0.3 is 0 Å². The van der Waals surface area contributed by atoms with E-state index < -0.39 is 10.0 Å². The first-order valence-electron chi connectivity index (χ1n) is 7.83. The Morgan fingerprint density at radius 2 is 1.78 bits per heavy atom. The summed E-state index contributed by atoms with van der Waals surface area (Å²) in [6.45, 7) is 0.482. The van der Waals surface area contributed by atoms with E-state index in [1.807, 2.05) is 29.2 Å². The number of amides is 1. The van der Waals surface area contributed by atoms with E-state index in [0.29, 0.717) is 12.6 Å². The zero-order chi connectivity index (χ0) is 16.0. The van der Waals surface area contributed by atoms with Crippen LogP contribution in [0.5, 0.6) is 0 Å². The highest BCUT2D eigenvalue weighted by Crippen LogP contribution is 2.31. The molecule has 2 aromatic carbocycles. The number of hydrogen-bond acceptors (Lipinski definition) is 3. The van der Waals surface area contributed by atoms with Crippen LogP contribution in [0.25, 0.3) is 10.8 Å². The first-order valence-corrected chi connectivity index (χ1v) is 9.32. The molecule has 0 spiro atoms. The Kier molecular flexibility index (Phi) is 3.39. The summed E-state index contributed by atoms with van der Waals surface area (Å²) in [7, 11) is -3.62. The van der Waals surface area contributed by atoms with Crippen molar-refractivity contribution in [3.8, 4) is 0 Å². The van der Waals surface area contributed by atoms with Crippen molar-refractivity contribution in [2.75, 3.05) is 6.54 Å². The van der Waals surface area contributed by atoms with Gasteiger partial charge in [0.2, 0.25) is 15.9 Å². The highest BCUT2D eigenvalue weighted by Gasteiger charge is 2.40. The van der Waals surface area contributed by atoms with Gasteiger partial charge in [0, 0.05) is 25.0 Å². The number of fused-ring (bicyclic) bond motifs is 1. The number of rotatable bonds is 4. The predicted molar refractivity (Wildman–Crippen MR) is 87.4 cm³/mol. The second kappa shape index (κ2) is 5.32. The molecule has 1 heterocycles. The van der Waals surface area contributed by atoms with Crippen molar-refractivity contribution in [2.45, 2.75) is 36.2 Å². The third-order valence-corrected chi connectivity index (χ3v) is 6.02. The van der Waals surface area contributed by atoms with Gasteiger partial charge in [0.1, 0.15) is 0 Å². The van der Waals surface area contributed by atoms with E-state index in [0.717, 1.165) is 23.6 Å². The van der Waals surface area contributed by atoms with Crippen LogP contribution in [0.1, 0.15) is 19.3 Å². The molecule has 1 atom stereocenters. The maximum atomic E-state index is 12.6. The van der Waals surface area contributed by atoms with Crippen LogP contribution >= 0.6 is 0 Å². The van der Waals surface area contributed by atoms with Crippen LogP contribution in [-0.2, 0) is 14.8 Å². The molecule has 1 saturated heterocycles. The molecule has 1 aliphatic heterocycles. The minimum Gasteiger partial charge on any atom is -0.338 e. The molecule has 0 radical (unpaired) electrons. The predicted octanol–water partition coefficient (Wildman–Crippen LogP) is 1.88. The van der Waals surface area contributed by atoms with Gasteiger partial charge in [0.05, 0.1) is 4.90 Å². The number of sulfonamides is 1. The molecule has 6 heteroatoms. The molecule has 23 heavy (non-hydrogen) atoms. The lowest BCUT2D eigenvalue weighted by atomic mass is 10.1. The molecule has 0 aromatic heterocycles. The van der Waals surface area contributed by atoms with Crippen molar-refractivity contribution >= 4 is 26.7 Å². The minimum atomic E-state index is -3.62. The first kappa shape index (κ1) is 14.7. The molecule has 1 amide bonds. The van der Waals surface area contributed by atoms with Gasteiger partial charge in [-0.3, -0.25) is 4.79 Å². The van der Waals surface area contributed by atoms with Crippen molar-refractivity contribution < 1.29 is 13.2 Å². The van der Waals surface area contributed by atoms with Gasteiger partial charge in [0.25, 0.3) is 0 Å². The fourth-order valence-corrected chi connectivity index (χ4v) is 4.43. The molecular formula is C17H18N2O3S. The van der Waals surface area contributed by atoms with Crippen LogP contribution in [0, 0.1) is 0 Å². The molecule has 4 rings (SSSR count). The summed E-state index contributed by atoms with van der Waals surface area (Å²) in [6, 6.07) is 12.7. The minimum absolute atomic E-state index is 0.0544. The van der Waals surface area contributed by atoms with E-state index in [9.17, 15) is 13.2 Å². The zero-order valence-electron chi connectivity index (χ0n) is 12.6. The summed E-state index contributed by atoms with van der Waals surface area (Å²) in [6.07, 6.45) is 2.33. The maximum absolute atomic E-state index is 12.6. The largest absolute Gasteiger partial charge is 0.338 e. The molecule has 1 N–H and O–H groups in total. The number of carbonyl (C=O) groups excluding carboxylic acids is 1. The molecule has 0 unspecified atom stereocenters. The van der Waals surface area contributed by atoms with Crippen LogP contribution in [0.4, 0.5) is 0 Å². The summed E-state index contributed by atoms with van der Waals surface area (Å²) >= 11 is 0. The molecule has 2 aliphatic rings. The molecule has 1 saturated carbocycles. The van der Waals surface area contributed by atoms with Gasteiger partial charge in [-0.25, -0.2) is 13.1 Å². The van der Waals surface area contributed by atoms with Crippen LogP contribution in [0.2, 0.25) is 0 Å². The smallest absolute Gasteiger partial charge is 0.240 e. The van der Waals surface area contributed by atoms with Crippen molar-refractivity contribution in [1.82, 2.24) is 9.62 Å². The Labute approximate surface area is 135 Å². The average molecular weight is 330 g/mol. The fraction of sp³-hybridized carbons (Fsp3) is 0.353. The van der Waals surface area contributed by atoms with Crippen LogP contribution < -0.4 is 4.72 Å². The van der Waals surface area contributed by atoms with Crippen LogP contribution in [-0.4, -0.2) is 37.9 Å². The van der Waals surface area contributed by atoms with Crippen LogP contribution in [0.15, 0.2) is 47.4 Å². The van der Waals surface area contributed by atoms with Gasteiger partial charge in [-0.1, -0.05) is 30.3 Å². The third kappa shape index (κ3) is 2.84. The molecule has 2 aromatic rings. The summed E-state index contributed by atoms with van der Waals surface area (Å²) in [5, 5.41) is 1.89. The number of nitrogens with zero attached hydrogens (tertiary/aromatic N) is 1. The molecule has 2 fully saturated rings. The first-order chi connectivity index (χ1) is 11.0. The van der Waals surface area contributed by atoms with Crippen molar-refractivity contribution in [3.63, 3.8) is 0 Å². The molecular weight excluding hydrogens is 312 g/mol. The molecule has 5 nitrogen and oxygen atoms in total. The van der Waals surface area contributed by atoms with Gasteiger partial charge in [-0.2, -0.15) is 0 Å². The molecule has 120 valence electrons. The standard InChI is InChI=1S/C17H18N2O3S/c20-17-10-14(11-19(17)15-6-7-15)18-23(21,22)16-8-5-12-3-1-2-4-13(12)9-16/h1-5,8-9,14-15,18H,6-7,10-11H2/t14-/m0/s1. The van der Waals surface area contributed by atoms with E-state index in [1.165, 1.54) is 0 Å². The lowest BCUT2D eigenvalue weighted by Gasteiger charge is -2.16. The lowest BCUT2D eigenvalue weighted by molar-refractivity contribution is -0.128. The summed E-state index contributed by atoms with van der Waals surface area (Å²) in [5.41, 5.74) is 0. The Balaban J connectivity index is 1.56. The normalized spacial score (nSPS) is 22.0. The number of carbonyl (C=O) groups is 1. The van der Waals surface area contributed by atoms with Crippen LogP contribution in [0.3, 0.4) is 0 Å². The Morgan fingerprint density at radius 1 is 1.04 bits per heavy atom. The fourth-order valence-electron chi connectivity index (χ4n) is 3.17. The molecule has 1 aliphatic carbocycles. The van der Waals surface area contributed by atoms with Crippen molar-refractivity contribution in [3.05, 3.63) is 42.5 Å². The van der Waals surface area contributed by atoms with Crippen molar-refractivity contribution in [1.29, 1.82) is 0 Å². The average Bonchev–Trinajstić information content (AvgIpc) is 3.31. The van der Waals surface area contributed by atoms with Gasteiger partial charge in [-0.05, 0) is 35.7 Å². The number of hydrogen-bond donors (Lipinski definition) is 1. The highest BCUT2D eigenvalue weighted by atomic mass is 32.2. The summed E-state index contributed by atoms with van der Waals surface area (Å²) < 4.78 is 27.9. The lowest BCUT2D eigenvalue weighted by Crippen LogP contribution is -2.37. The van der Waals surface area contributed by atoms with Gasteiger partial charge in [0.15, 0.2) is 0 Å². The summed E-state index contributed by atoms with van der Waals surface area (Å²) in [4.78, 5) is 14.0.